The molecule has 108 valence electrons. The van der Waals surface area contributed by atoms with Crippen molar-refractivity contribution < 1.29 is 17.9 Å². The Bertz CT molecular complexity index is 703. The highest BCUT2D eigenvalue weighted by Crippen LogP contribution is 2.35. The Labute approximate surface area is 128 Å². The maximum absolute atomic E-state index is 12.6. The highest BCUT2D eigenvalue weighted by Gasteiger charge is 2.31. The lowest BCUT2D eigenvalue weighted by molar-refractivity contribution is -0.137. The molecule has 0 radical (unpaired) electrons. The molecule has 0 aliphatic heterocycles. The molecule has 0 N–H and O–H groups in total. The Morgan fingerprint density at radius 2 is 1.62 bits per heavy atom. The van der Waals surface area contributed by atoms with Gasteiger partial charge in [-0.25, -0.2) is 0 Å². The van der Waals surface area contributed by atoms with Crippen molar-refractivity contribution in [3.05, 3.63) is 57.6 Å². The Kier molecular flexibility index (Phi) is 4.31. The maximum Gasteiger partial charge on any atom is 0.416 e. The molecule has 0 spiro atoms. The van der Waals surface area contributed by atoms with E-state index in [9.17, 15) is 13.2 Å². The van der Waals surface area contributed by atoms with Crippen LogP contribution in [-0.2, 0) is 6.18 Å². The van der Waals surface area contributed by atoms with Gasteiger partial charge < -0.3 is 4.74 Å². The fraction of sp³-hybridized carbons (Fsp3) is 0.0714. The minimum Gasteiger partial charge on any atom is -0.456 e. The Morgan fingerprint density at radius 1 is 1.00 bits per heavy atom. The average molecular weight is 332 g/mol. The topological polar surface area (TPSA) is 33.0 Å². The average Bonchev–Trinajstić information content (AvgIpc) is 2.36. The van der Waals surface area contributed by atoms with E-state index < -0.39 is 11.7 Å². The number of alkyl halides is 3. The summed E-state index contributed by atoms with van der Waals surface area (Å²) in [6.45, 7) is 0. The second kappa shape index (κ2) is 5.84. The zero-order valence-corrected chi connectivity index (χ0v) is 11.7. The lowest BCUT2D eigenvalue weighted by atomic mass is 10.1. The summed E-state index contributed by atoms with van der Waals surface area (Å²) in [7, 11) is 0. The second-order valence-electron chi connectivity index (χ2n) is 4.03. The fourth-order valence-electron chi connectivity index (χ4n) is 1.60. The van der Waals surface area contributed by atoms with E-state index in [4.69, 9.17) is 33.2 Å². The summed E-state index contributed by atoms with van der Waals surface area (Å²) in [5, 5.41) is 9.56. The van der Waals surface area contributed by atoms with Crippen molar-refractivity contribution in [3.8, 4) is 17.6 Å². The molecule has 7 heteroatoms. The summed E-state index contributed by atoms with van der Waals surface area (Å²) >= 11 is 11.6. The molecule has 21 heavy (non-hydrogen) atoms. The summed E-state index contributed by atoms with van der Waals surface area (Å²) in [5.74, 6) is 0.215. The van der Waals surface area contributed by atoms with Crippen molar-refractivity contribution in [3.63, 3.8) is 0 Å². The number of nitriles is 1. The van der Waals surface area contributed by atoms with Gasteiger partial charge in [0.25, 0.3) is 0 Å². The van der Waals surface area contributed by atoms with Crippen molar-refractivity contribution in [2.45, 2.75) is 6.18 Å². The van der Waals surface area contributed by atoms with Gasteiger partial charge >= 0.3 is 6.18 Å². The van der Waals surface area contributed by atoms with Gasteiger partial charge in [-0.15, -0.1) is 0 Å². The first-order valence-electron chi connectivity index (χ1n) is 5.55. The molecule has 2 nitrogen and oxygen atoms in total. The molecule has 2 aromatic rings. The Hall–Kier alpha value is -1.90. The summed E-state index contributed by atoms with van der Waals surface area (Å²) in [4.78, 5) is 0. The maximum atomic E-state index is 12.6. The molecule has 0 unspecified atom stereocenters. The summed E-state index contributed by atoms with van der Waals surface area (Å²) in [5.41, 5.74) is -1.16. The van der Waals surface area contributed by atoms with E-state index in [1.165, 1.54) is 18.2 Å². The van der Waals surface area contributed by atoms with Crippen molar-refractivity contribution in [1.29, 1.82) is 5.26 Å². The van der Waals surface area contributed by atoms with Crippen molar-refractivity contribution >= 4 is 23.2 Å². The van der Waals surface area contributed by atoms with Gasteiger partial charge in [-0.1, -0.05) is 23.2 Å². The van der Waals surface area contributed by atoms with Crippen LogP contribution in [-0.4, -0.2) is 0 Å². The molecule has 0 saturated heterocycles. The van der Waals surface area contributed by atoms with E-state index in [0.29, 0.717) is 10.0 Å². The molecule has 0 aromatic heterocycles. The summed E-state index contributed by atoms with van der Waals surface area (Å²) < 4.78 is 43.1. The van der Waals surface area contributed by atoms with Gasteiger partial charge in [-0.2, -0.15) is 18.4 Å². The van der Waals surface area contributed by atoms with E-state index >= 15 is 0 Å². The number of hydrogen-bond acceptors (Lipinski definition) is 2. The normalized spacial score (nSPS) is 11.0. The molecular formula is C14H6Cl2F3NO. The van der Waals surface area contributed by atoms with Gasteiger partial charge in [-0.3, -0.25) is 0 Å². The van der Waals surface area contributed by atoms with E-state index in [-0.39, 0.29) is 17.1 Å². The number of halogens is 5. The zero-order valence-electron chi connectivity index (χ0n) is 10.2. The molecule has 0 saturated carbocycles. The molecule has 0 amide bonds. The zero-order chi connectivity index (χ0) is 15.6. The van der Waals surface area contributed by atoms with Crippen LogP contribution in [0.15, 0.2) is 36.4 Å². The fourth-order valence-corrected chi connectivity index (χ4v) is 2.10. The van der Waals surface area contributed by atoms with Crippen molar-refractivity contribution in [1.82, 2.24) is 0 Å². The predicted molar refractivity (Wildman–Crippen MR) is 72.7 cm³/mol. The van der Waals surface area contributed by atoms with E-state index in [0.717, 1.165) is 18.2 Å². The molecule has 2 aromatic carbocycles. The van der Waals surface area contributed by atoms with Gasteiger partial charge in [0, 0.05) is 10.0 Å². The van der Waals surface area contributed by atoms with Crippen LogP contribution in [0.25, 0.3) is 0 Å². The van der Waals surface area contributed by atoms with Crippen molar-refractivity contribution in [2.24, 2.45) is 0 Å². The van der Waals surface area contributed by atoms with Crippen LogP contribution in [0.5, 0.6) is 11.5 Å². The number of hydrogen-bond donors (Lipinski definition) is 0. The highest BCUT2D eigenvalue weighted by molar-refractivity contribution is 6.34. The van der Waals surface area contributed by atoms with Crippen LogP contribution in [0.4, 0.5) is 13.2 Å². The number of benzene rings is 2. The van der Waals surface area contributed by atoms with Crippen LogP contribution in [0, 0.1) is 11.3 Å². The number of ether oxygens (including phenoxy) is 1. The van der Waals surface area contributed by atoms with Crippen molar-refractivity contribution in [2.75, 3.05) is 0 Å². The number of nitrogens with zero attached hydrogens (tertiary/aromatic N) is 1. The largest absolute Gasteiger partial charge is 0.456 e. The van der Waals surface area contributed by atoms with Crippen LogP contribution in [0.2, 0.25) is 10.0 Å². The van der Waals surface area contributed by atoms with E-state index in [2.05, 4.69) is 0 Å². The van der Waals surface area contributed by atoms with Gasteiger partial charge in [0.2, 0.25) is 0 Å². The smallest absolute Gasteiger partial charge is 0.416 e. The summed E-state index contributed by atoms with van der Waals surface area (Å²) in [6.07, 6.45) is -4.52. The second-order valence-corrected chi connectivity index (χ2v) is 4.90. The highest BCUT2D eigenvalue weighted by atomic mass is 35.5. The molecule has 2 rings (SSSR count). The Morgan fingerprint density at radius 3 is 2.14 bits per heavy atom. The third-order valence-electron chi connectivity index (χ3n) is 2.49. The van der Waals surface area contributed by atoms with E-state index in [1.807, 2.05) is 0 Å². The first kappa shape index (κ1) is 15.5. The lowest BCUT2D eigenvalue weighted by Crippen LogP contribution is -2.05. The predicted octanol–water partition coefficient (Wildman–Crippen LogP) is 5.68. The molecule has 0 heterocycles. The molecule has 0 aliphatic rings. The molecule has 0 aliphatic carbocycles. The van der Waals surface area contributed by atoms with Crippen LogP contribution >= 0.6 is 23.2 Å². The molecule has 0 atom stereocenters. The van der Waals surface area contributed by atoms with Crippen LogP contribution < -0.4 is 4.74 Å². The first-order chi connectivity index (χ1) is 9.79. The molecule has 0 fully saturated rings. The van der Waals surface area contributed by atoms with Crippen LogP contribution in [0.3, 0.4) is 0 Å². The summed E-state index contributed by atoms with van der Waals surface area (Å²) in [6, 6.07) is 8.66. The molecular weight excluding hydrogens is 326 g/mol. The third-order valence-corrected chi connectivity index (χ3v) is 2.93. The Balaban J connectivity index is 2.39. The monoisotopic (exact) mass is 331 g/mol. The van der Waals surface area contributed by atoms with Crippen LogP contribution in [0.1, 0.15) is 11.1 Å². The minimum atomic E-state index is -4.52. The SMILES string of the molecule is N#Cc1cc(C(F)(F)F)ccc1Oc1cc(Cl)cc(Cl)c1. The standard InChI is InChI=1S/C14H6Cl2F3NO/c15-10-4-11(16)6-12(5-10)21-13-2-1-9(14(17,18)19)3-8(13)7-20/h1-6H. The van der Waals surface area contributed by atoms with E-state index in [1.54, 1.807) is 6.07 Å². The third kappa shape index (κ3) is 3.81. The van der Waals surface area contributed by atoms with Gasteiger partial charge in [0.05, 0.1) is 11.1 Å². The minimum absolute atomic E-state index is 0.0103. The van der Waals surface area contributed by atoms with Gasteiger partial charge in [-0.05, 0) is 36.4 Å². The number of rotatable bonds is 2. The lowest BCUT2D eigenvalue weighted by Gasteiger charge is -2.11. The molecule has 0 bridgehead atoms. The van der Waals surface area contributed by atoms with Gasteiger partial charge in [0.1, 0.15) is 17.6 Å². The first-order valence-corrected chi connectivity index (χ1v) is 6.30. The quantitative estimate of drug-likeness (QED) is 0.709. The van der Waals surface area contributed by atoms with Gasteiger partial charge in [0.15, 0.2) is 0 Å².